The van der Waals surface area contributed by atoms with E-state index in [9.17, 15) is 5.11 Å². The van der Waals surface area contributed by atoms with E-state index in [1.165, 1.54) is 11.3 Å². The van der Waals surface area contributed by atoms with E-state index in [0.29, 0.717) is 10.8 Å². The van der Waals surface area contributed by atoms with E-state index >= 15 is 0 Å². The number of benzene rings is 2. The summed E-state index contributed by atoms with van der Waals surface area (Å²) >= 11 is 1.44. The molecular weight excluding hydrogens is 434 g/mol. The minimum Gasteiger partial charge on any atom is -0.496 e. The van der Waals surface area contributed by atoms with Gasteiger partial charge < -0.3 is 9.84 Å². The van der Waals surface area contributed by atoms with Crippen molar-refractivity contribution in [1.82, 2.24) is 24.7 Å². The number of methoxy groups -OCH3 is 1. The van der Waals surface area contributed by atoms with Crippen LogP contribution in [-0.2, 0) is 12.6 Å². The van der Waals surface area contributed by atoms with Crippen molar-refractivity contribution in [2.24, 2.45) is 7.05 Å². The van der Waals surface area contributed by atoms with Gasteiger partial charge in [0.1, 0.15) is 28.4 Å². The smallest absolute Gasteiger partial charge is 0.129 e. The lowest BCUT2D eigenvalue weighted by atomic mass is 10.0. The first-order chi connectivity index (χ1) is 15.8. The molecule has 0 radical (unpaired) electrons. The first-order valence-corrected chi connectivity index (χ1v) is 11.3. The van der Waals surface area contributed by atoms with E-state index in [1.807, 2.05) is 55.7 Å². The van der Waals surface area contributed by atoms with Gasteiger partial charge in [0.05, 0.1) is 23.2 Å². The Bertz CT molecular complexity index is 1450. The van der Waals surface area contributed by atoms with Gasteiger partial charge >= 0.3 is 0 Å². The second-order valence-electron chi connectivity index (χ2n) is 8.31. The van der Waals surface area contributed by atoms with Crippen LogP contribution in [0.4, 0.5) is 0 Å². The van der Waals surface area contributed by atoms with Gasteiger partial charge in [0, 0.05) is 47.6 Å². The highest BCUT2D eigenvalue weighted by Crippen LogP contribution is 2.41. The Morgan fingerprint density at radius 2 is 1.79 bits per heavy atom. The quantitative estimate of drug-likeness (QED) is 0.397. The summed E-state index contributed by atoms with van der Waals surface area (Å²) < 4.78 is 7.49. The number of nitrogens with zero attached hydrogens (tertiary/aromatic N) is 5. The minimum atomic E-state index is -1.01. The summed E-state index contributed by atoms with van der Waals surface area (Å²) in [5, 5.41) is 16.6. The zero-order chi connectivity index (χ0) is 23.2. The van der Waals surface area contributed by atoms with Crippen molar-refractivity contribution < 1.29 is 9.84 Å². The lowest BCUT2D eigenvalue weighted by Crippen LogP contribution is -2.14. The summed E-state index contributed by atoms with van der Waals surface area (Å²) in [4.78, 5) is 14.5. The summed E-state index contributed by atoms with van der Waals surface area (Å²) in [6.45, 7) is 3.46. The molecular formula is C25H23N5O2S. The fourth-order valence-electron chi connectivity index (χ4n) is 3.81. The molecule has 5 rings (SSSR count). The Labute approximate surface area is 195 Å². The van der Waals surface area contributed by atoms with Crippen molar-refractivity contribution in [3.63, 3.8) is 0 Å². The van der Waals surface area contributed by atoms with E-state index in [-0.39, 0.29) is 0 Å². The summed E-state index contributed by atoms with van der Waals surface area (Å²) in [5.41, 5.74) is 4.23. The zero-order valence-electron chi connectivity index (χ0n) is 18.8. The first-order valence-electron chi connectivity index (χ1n) is 10.5. The molecule has 33 heavy (non-hydrogen) atoms. The average molecular weight is 458 g/mol. The molecule has 0 aliphatic heterocycles. The van der Waals surface area contributed by atoms with Gasteiger partial charge in [-0.05, 0) is 19.9 Å². The van der Waals surface area contributed by atoms with Crippen LogP contribution in [0.25, 0.3) is 43.9 Å². The summed E-state index contributed by atoms with van der Waals surface area (Å²) in [5.74, 6) is 0.688. The lowest BCUT2D eigenvalue weighted by Gasteiger charge is -2.13. The van der Waals surface area contributed by atoms with Gasteiger partial charge in [-0.15, -0.1) is 11.3 Å². The SMILES string of the molecule is COc1cc2ncnc(-c3cn(C)nc3-c3ccccc3)c2cc1-c1cnc(C(C)(C)O)s1. The molecule has 7 nitrogen and oxygen atoms in total. The number of fused-ring (bicyclic) bond motifs is 1. The zero-order valence-corrected chi connectivity index (χ0v) is 19.6. The Morgan fingerprint density at radius 1 is 1.00 bits per heavy atom. The molecule has 0 spiro atoms. The van der Waals surface area contributed by atoms with Crippen LogP contribution in [0.1, 0.15) is 18.9 Å². The third-order valence-corrected chi connectivity index (χ3v) is 6.73. The van der Waals surface area contributed by atoms with Crippen LogP contribution in [0.15, 0.2) is 61.2 Å². The molecule has 8 heteroatoms. The molecule has 0 amide bonds. The summed E-state index contributed by atoms with van der Waals surface area (Å²) in [6, 6.07) is 14.0. The number of hydrogen-bond acceptors (Lipinski definition) is 7. The molecule has 0 aliphatic carbocycles. The minimum absolute atomic E-state index is 0.641. The Hall–Kier alpha value is -3.62. The van der Waals surface area contributed by atoms with E-state index in [2.05, 4.69) is 15.0 Å². The molecule has 0 aliphatic rings. The second kappa shape index (κ2) is 8.06. The molecule has 0 saturated heterocycles. The molecule has 0 fully saturated rings. The van der Waals surface area contributed by atoms with Crippen molar-refractivity contribution in [2.75, 3.05) is 7.11 Å². The third-order valence-electron chi connectivity index (χ3n) is 5.38. The molecule has 166 valence electrons. The lowest BCUT2D eigenvalue weighted by molar-refractivity contribution is 0.0783. The summed E-state index contributed by atoms with van der Waals surface area (Å²) in [7, 11) is 3.54. The highest BCUT2D eigenvalue weighted by atomic mass is 32.1. The fraction of sp³-hybridized carbons (Fsp3) is 0.200. The maximum absolute atomic E-state index is 10.4. The van der Waals surface area contributed by atoms with Crippen LogP contribution in [0.3, 0.4) is 0 Å². The predicted molar refractivity (Wildman–Crippen MR) is 130 cm³/mol. The maximum atomic E-state index is 10.4. The van der Waals surface area contributed by atoms with Gasteiger partial charge in [0.25, 0.3) is 0 Å². The van der Waals surface area contributed by atoms with Crippen LogP contribution in [0.2, 0.25) is 0 Å². The van der Waals surface area contributed by atoms with Gasteiger partial charge in [0.15, 0.2) is 0 Å². The number of thiazole rings is 1. The third kappa shape index (κ3) is 3.88. The van der Waals surface area contributed by atoms with Gasteiger partial charge in [-0.1, -0.05) is 30.3 Å². The number of aliphatic hydroxyl groups is 1. The van der Waals surface area contributed by atoms with Crippen molar-refractivity contribution in [3.8, 4) is 38.7 Å². The van der Waals surface area contributed by atoms with Crippen LogP contribution in [0.5, 0.6) is 5.75 Å². The Morgan fingerprint density at radius 3 is 2.48 bits per heavy atom. The average Bonchev–Trinajstić information content (AvgIpc) is 3.45. The second-order valence-corrected chi connectivity index (χ2v) is 9.34. The normalized spacial score (nSPS) is 11.8. The highest BCUT2D eigenvalue weighted by Gasteiger charge is 2.23. The first kappa shape index (κ1) is 21.2. The topological polar surface area (TPSA) is 86.0 Å². The fourth-order valence-corrected chi connectivity index (χ4v) is 4.75. The maximum Gasteiger partial charge on any atom is 0.129 e. The standard InChI is InChI=1S/C25H23N5O2S/c1-25(2,31)24-26-12-21(33-24)17-10-16-19(11-20(17)32-4)27-14-28-23(16)18-13-30(3)29-22(18)15-8-6-5-7-9-15/h5-14,31H,1-4H3. The molecule has 0 bridgehead atoms. The van der Waals surface area contributed by atoms with Crippen LogP contribution in [-0.4, -0.2) is 36.9 Å². The Kier molecular flexibility index (Phi) is 5.19. The molecule has 3 aromatic heterocycles. The molecule has 3 heterocycles. The van der Waals surface area contributed by atoms with Gasteiger partial charge in [-0.25, -0.2) is 15.0 Å². The van der Waals surface area contributed by atoms with Gasteiger partial charge in [-0.2, -0.15) is 5.10 Å². The van der Waals surface area contributed by atoms with Crippen molar-refractivity contribution in [2.45, 2.75) is 19.4 Å². The molecule has 0 unspecified atom stereocenters. The van der Waals surface area contributed by atoms with E-state index < -0.39 is 5.60 Å². The molecule has 1 N–H and O–H groups in total. The molecule has 0 atom stereocenters. The Balaban J connectivity index is 1.73. The van der Waals surface area contributed by atoms with E-state index in [1.54, 1.807) is 38.2 Å². The number of ether oxygens (including phenoxy) is 1. The van der Waals surface area contributed by atoms with Gasteiger partial charge in [0.2, 0.25) is 0 Å². The van der Waals surface area contributed by atoms with Crippen molar-refractivity contribution in [3.05, 3.63) is 66.2 Å². The number of rotatable bonds is 5. The largest absolute Gasteiger partial charge is 0.496 e. The van der Waals surface area contributed by atoms with Crippen molar-refractivity contribution in [1.29, 1.82) is 0 Å². The number of aromatic nitrogens is 5. The van der Waals surface area contributed by atoms with E-state index in [0.717, 1.165) is 43.9 Å². The number of aryl methyl sites for hydroxylation is 1. The van der Waals surface area contributed by atoms with Crippen molar-refractivity contribution >= 4 is 22.2 Å². The highest BCUT2D eigenvalue weighted by molar-refractivity contribution is 7.15. The summed E-state index contributed by atoms with van der Waals surface area (Å²) in [6.07, 6.45) is 5.31. The van der Waals surface area contributed by atoms with Crippen LogP contribution in [0, 0.1) is 0 Å². The molecule has 5 aromatic rings. The van der Waals surface area contributed by atoms with E-state index in [4.69, 9.17) is 9.84 Å². The number of hydrogen-bond donors (Lipinski definition) is 1. The van der Waals surface area contributed by atoms with Crippen LogP contribution >= 0.6 is 11.3 Å². The van der Waals surface area contributed by atoms with Gasteiger partial charge in [-0.3, -0.25) is 4.68 Å². The molecule has 0 saturated carbocycles. The molecule has 2 aromatic carbocycles. The van der Waals surface area contributed by atoms with Crippen LogP contribution < -0.4 is 4.74 Å². The monoisotopic (exact) mass is 457 g/mol. The predicted octanol–water partition coefficient (Wildman–Crippen LogP) is 5.06.